The van der Waals surface area contributed by atoms with E-state index in [9.17, 15) is 13.2 Å². The van der Waals surface area contributed by atoms with Crippen molar-refractivity contribution < 1.29 is 13.2 Å². The molecule has 24 heavy (non-hydrogen) atoms. The summed E-state index contributed by atoms with van der Waals surface area (Å²) in [5.41, 5.74) is 3.91. The Bertz CT molecular complexity index is 709. The van der Waals surface area contributed by atoms with E-state index in [4.69, 9.17) is 0 Å². The molecule has 8 heteroatoms. The second kappa shape index (κ2) is 8.62. The first kappa shape index (κ1) is 18.9. The van der Waals surface area contributed by atoms with Crippen LogP contribution in [-0.2, 0) is 14.8 Å². The molecule has 1 fully saturated rings. The van der Waals surface area contributed by atoms with E-state index in [2.05, 4.69) is 26.5 Å². The first-order valence-electron chi connectivity index (χ1n) is 7.94. The van der Waals surface area contributed by atoms with Crippen LogP contribution in [-0.4, -0.2) is 32.8 Å². The summed E-state index contributed by atoms with van der Waals surface area (Å²) in [6, 6.07) is 6.82. The molecule has 132 valence electrons. The van der Waals surface area contributed by atoms with Crippen LogP contribution in [0.4, 0.5) is 5.69 Å². The lowest BCUT2D eigenvalue weighted by Gasteiger charge is -2.21. The van der Waals surface area contributed by atoms with Crippen molar-refractivity contribution in [3.63, 3.8) is 0 Å². The van der Waals surface area contributed by atoms with Crippen LogP contribution in [0.5, 0.6) is 0 Å². The Morgan fingerprint density at radius 3 is 2.50 bits per heavy atom. The molecule has 6 nitrogen and oxygen atoms in total. The molecule has 1 aromatic rings. The van der Waals surface area contributed by atoms with Crippen LogP contribution in [0.15, 0.2) is 33.8 Å². The Morgan fingerprint density at radius 1 is 1.25 bits per heavy atom. The van der Waals surface area contributed by atoms with E-state index in [-0.39, 0.29) is 6.54 Å². The maximum absolute atomic E-state index is 12.2. The number of halogens is 1. The Labute approximate surface area is 151 Å². The van der Waals surface area contributed by atoms with Gasteiger partial charge in [-0.3, -0.25) is 9.10 Å². The molecular weight excluding hydrogens is 394 g/mol. The Balaban J connectivity index is 2.06. The molecule has 1 amide bonds. The van der Waals surface area contributed by atoms with Crippen LogP contribution in [0.1, 0.15) is 38.5 Å². The summed E-state index contributed by atoms with van der Waals surface area (Å²) < 4.78 is 25.9. The third-order valence-corrected chi connectivity index (χ3v) is 5.44. The van der Waals surface area contributed by atoms with Crippen molar-refractivity contribution in [2.75, 3.05) is 17.1 Å². The van der Waals surface area contributed by atoms with Crippen molar-refractivity contribution >= 4 is 43.3 Å². The highest BCUT2D eigenvalue weighted by Gasteiger charge is 2.21. The lowest BCUT2D eigenvalue weighted by atomic mass is 10.2. The number of carbonyl (C=O) groups excluding carboxylic acids is 1. The molecular formula is C16H22BrN3O3S. The molecule has 0 atom stereocenters. The maximum atomic E-state index is 12.2. The van der Waals surface area contributed by atoms with Crippen LogP contribution in [0.25, 0.3) is 0 Å². The zero-order valence-electron chi connectivity index (χ0n) is 13.7. The third-order valence-electron chi connectivity index (χ3n) is 3.80. The fourth-order valence-corrected chi connectivity index (χ4v) is 3.82. The summed E-state index contributed by atoms with van der Waals surface area (Å²) in [5.74, 6) is -0.447. The zero-order chi connectivity index (χ0) is 17.6. The predicted molar refractivity (Wildman–Crippen MR) is 99.6 cm³/mol. The molecule has 0 aliphatic heterocycles. The molecule has 0 aromatic heterocycles. The molecule has 0 bridgehead atoms. The van der Waals surface area contributed by atoms with Crippen molar-refractivity contribution in [2.24, 2.45) is 5.10 Å². The second-order valence-electron chi connectivity index (χ2n) is 5.88. The van der Waals surface area contributed by atoms with Gasteiger partial charge in [0, 0.05) is 10.2 Å². The summed E-state index contributed by atoms with van der Waals surface area (Å²) in [7, 11) is -3.58. The van der Waals surface area contributed by atoms with Crippen molar-refractivity contribution in [3.05, 3.63) is 28.7 Å². The van der Waals surface area contributed by atoms with Gasteiger partial charge < -0.3 is 0 Å². The van der Waals surface area contributed by atoms with Gasteiger partial charge in [-0.25, -0.2) is 13.8 Å². The lowest BCUT2D eigenvalue weighted by Crippen LogP contribution is -2.39. The highest BCUT2D eigenvalue weighted by atomic mass is 79.9. The Kier molecular flexibility index (Phi) is 6.79. The van der Waals surface area contributed by atoms with Gasteiger partial charge in [0.1, 0.15) is 6.54 Å². The van der Waals surface area contributed by atoms with Crippen molar-refractivity contribution in [2.45, 2.75) is 38.5 Å². The third kappa shape index (κ3) is 5.90. The predicted octanol–water partition coefficient (Wildman–Crippen LogP) is 3.04. The highest BCUT2D eigenvalue weighted by molar-refractivity contribution is 9.10. The topological polar surface area (TPSA) is 78.8 Å². The van der Waals surface area contributed by atoms with Gasteiger partial charge in [0.15, 0.2) is 0 Å². The van der Waals surface area contributed by atoms with Gasteiger partial charge in [-0.1, -0.05) is 34.8 Å². The quantitative estimate of drug-likeness (QED) is 0.592. The summed E-state index contributed by atoms with van der Waals surface area (Å²) in [6.45, 7) is -0.300. The van der Waals surface area contributed by atoms with E-state index in [1.54, 1.807) is 24.3 Å². The molecule has 1 saturated carbocycles. The summed E-state index contributed by atoms with van der Waals surface area (Å²) in [5, 5.41) is 4.18. The van der Waals surface area contributed by atoms with Crippen LogP contribution in [0, 0.1) is 0 Å². The number of carbonyl (C=O) groups is 1. The van der Waals surface area contributed by atoms with Gasteiger partial charge in [-0.15, -0.1) is 0 Å². The number of benzene rings is 1. The zero-order valence-corrected chi connectivity index (χ0v) is 16.1. The Morgan fingerprint density at radius 2 is 1.92 bits per heavy atom. The Hall–Kier alpha value is -1.41. The van der Waals surface area contributed by atoms with Crippen LogP contribution in [0.2, 0.25) is 0 Å². The van der Waals surface area contributed by atoms with E-state index in [0.717, 1.165) is 46.4 Å². The highest BCUT2D eigenvalue weighted by Crippen LogP contribution is 2.22. The average molecular weight is 416 g/mol. The number of hydrogen-bond acceptors (Lipinski definition) is 4. The summed E-state index contributed by atoms with van der Waals surface area (Å²) in [4.78, 5) is 12.2. The number of amides is 1. The lowest BCUT2D eigenvalue weighted by molar-refractivity contribution is -0.119. The van der Waals surface area contributed by atoms with Crippen molar-refractivity contribution in [1.29, 1.82) is 0 Å². The first-order chi connectivity index (χ1) is 11.4. The van der Waals surface area contributed by atoms with E-state index < -0.39 is 15.9 Å². The number of hydrogen-bond donors (Lipinski definition) is 1. The molecule has 1 N–H and O–H groups in total. The molecule has 0 saturated heterocycles. The molecule has 0 heterocycles. The van der Waals surface area contributed by atoms with Gasteiger partial charge in [-0.05, 0) is 43.9 Å². The van der Waals surface area contributed by atoms with E-state index in [0.29, 0.717) is 5.69 Å². The first-order valence-corrected chi connectivity index (χ1v) is 10.6. The SMILES string of the molecule is CS(=O)(=O)N(CC(=O)NN=C1CCCCCC1)c1cccc(Br)c1. The van der Waals surface area contributed by atoms with Crippen LogP contribution >= 0.6 is 15.9 Å². The minimum absolute atomic E-state index is 0.300. The molecule has 0 spiro atoms. The molecule has 0 radical (unpaired) electrons. The minimum atomic E-state index is -3.58. The van der Waals surface area contributed by atoms with Gasteiger partial charge >= 0.3 is 0 Å². The van der Waals surface area contributed by atoms with Gasteiger partial charge in [0.2, 0.25) is 10.0 Å². The number of sulfonamides is 1. The molecule has 0 unspecified atom stereocenters. The normalized spacial score (nSPS) is 15.5. The van der Waals surface area contributed by atoms with Crippen molar-refractivity contribution in [3.8, 4) is 0 Å². The minimum Gasteiger partial charge on any atom is -0.271 e. The standard InChI is InChI=1S/C16H22BrN3O3S/c1-24(22,23)20(15-10-6-7-13(17)11-15)12-16(21)19-18-14-8-4-2-3-5-9-14/h6-7,10-11H,2-5,8-9,12H2,1H3,(H,19,21). The number of anilines is 1. The van der Waals surface area contributed by atoms with Crippen LogP contribution < -0.4 is 9.73 Å². The van der Waals surface area contributed by atoms with Crippen molar-refractivity contribution in [1.82, 2.24) is 5.43 Å². The average Bonchev–Trinajstić information content (AvgIpc) is 2.78. The number of hydrazone groups is 1. The van der Waals surface area contributed by atoms with Gasteiger partial charge in [-0.2, -0.15) is 5.10 Å². The van der Waals surface area contributed by atoms with E-state index >= 15 is 0 Å². The fraction of sp³-hybridized carbons (Fsp3) is 0.500. The molecule has 1 aliphatic carbocycles. The largest absolute Gasteiger partial charge is 0.271 e. The van der Waals surface area contributed by atoms with Gasteiger partial charge in [0.05, 0.1) is 11.9 Å². The summed E-state index contributed by atoms with van der Waals surface area (Å²) >= 11 is 3.31. The number of nitrogens with one attached hydrogen (secondary N) is 1. The van der Waals surface area contributed by atoms with E-state index in [1.807, 2.05) is 0 Å². The van der Waals surface area contributed by atoms with Crippen LogP contribution in [0.3, 0.4) is 0 Å². The van der Waals surface area contributed by atoms with E-state index in [1.165, 1.54) is 12.8 Å². The van der Waals surface area contributed by atoms with Gasteiger partial charge in [0.25, 0.3) is 5.91 Å². The fourth-order valence-electron chi connectivity index (χ4n) is 2.59. The number of nitrogens with zero attached hydrogens (tertiary/aromatic N) is 2. The second-order valence-corrected chi connectivity index (χ2v) is 8.70. The maximum Gasteiger partial charge on any atom is 0.260 e. The summed E-state index contributed by atoms with van der Waals surface area (Å²) in [6.07, 6.45) is 7.42. The molecule has 1 aromatic carbocycles. The number of rotatable bonds is 5. The molecule has 2 rings (SSSR count). The smallest absolute Gasteiger partial charge is 0.260 e. The molecule has 1 aliphatic rings. The monoisotopic (exact) mass is 415 g/mol.